The quantitative estimate of drug-likeness (QED) is 0.583. The van der Waals surface area contributed by atoms with E-state index in [1.165, 1.54) is 0 Å². The van der Waals surface area contributed by atoms with Crippen LogP contribution in [0.3, 0.4) is 0 Å². The molecule has 1 aromatic carbocycles. The lowest BCUT2D eigenvalue weighted by Gasteiger charge is -2.39. The first kappa shape index (κ1) is 25.3. The van der Waals surface area contributed by atoms with Crippen molar-refractivity contribution in [1.29, 1.82) is 0 Å². The lowest BCUT2D eigenvalue weighted by molar-refractivity contribution is 0.0205. The van der Waals surface area contributed by atoms with E-state index in [1.807, 2.05) is 25.1 Å². The smallest absolute Gasteiger partial charge is 0.136 e. The molecule has 7 heteroatoms. The second-order valence-electron chi connectivity index (χ2n) is 9.78. The van der Waals surface area contributed by atoms with Crippen LogP contribution in [0.5, 0.6) is 5.75 Å². The largest absolute Gasteiger partial charge is 0.492 e. The maximum atomic E-state index is 13.8. The fraction of sp³-hybridized carbons (Fsp3) is 0.536. The summed E-state index contributed by atoms with van der Waals surface area (Å²) >= 11 is 0. The van der Waals surface area contributed by atoms with Crippen LogP contribution < -0.4 is 15.4 Å². The molecule has 0 bridgehead atoms. The van der Waals surface area contributed by atoms with Gasteiger partial charge in [-0.1, -0.05) is 11.8 Å². The third-order valence-electron chi connectivity index (χ3n) is 6.96. The lowest BCUT2D eigenvalue weighted by Crippen LogP contribution is -2.48. The van der Waals surface area contributed by atoms with Crippen LogP contribution in [0.15, 0.2) is 40.3 Å². The Balaban J connectivity index is 1.61. The van der Waals surface area contributed by atoms with Crippen LogP contribution in [0.4, 0.5) is 10.1 Å². The fourth-order valence-corrected chi connectivity index (χ4v) is 4.74. The highest BCUT2D eigenvalue weighted by Crippen LogP contribution is 2.31. The van der Waals surface area contributed by atoms with Gasteiger partial charge in [0.15, 0.2) is 0 Å². The number of nitrogens with one attached hydrogen (secondary N) is 2. The molecule has 1 saturated heterocycles. The molecule has 0 unspecified atom stereocenters. The molecule has 0 atom stereocenters. The maximum Gasteiger partial charge on any atom is 0.136 e. The molecule has 2 N–H and O–H groups in total. The highest BCUT2D eigenvalue weighted by atomic mass is 19.1. The second kappa shape index (κ2) is 10.8. The van der Waals surface area contributed by atoms with Gasteiger partial charge in [-0.05, 0) is 64.7 Å². The minimum atomic E-state index is -0.271. The summed E-state index contributed by atoms with van der Waals surface area (Å²) in [6.45, 7) is 11.1. The number of fused-ring (bicyclic) bond motifs is 1. The topological polar surface area (TPSA) is 58.1 Å². The number of aliphatic imine (C=N–C) groups is 1. The van der Waals surface area contributed by atoms with E-state index < -0.39 is 0 Å². The zero-order chi connectivity index (χ0) is 25.0. The summed E-state index contributed by atoms with van der Waals surface area (Å²) in [6, 6.07) is 4.06. The fourth-order valence-electron chi connectivity index (χ4n) is 4.74. The van der Waals surface area contributed by atoms with Crippen LogP contribution >= 0.6 is 0 Å². The Morgan fingerprint density at radius 1 is 1.26 bits per heavy atom. The summed E-state index contributed by atoms with van der Waals surface area (Å²) in [5.41, 5.74) is 4.10. The highest BCUT2D eigenvalue weighted by molar-refractivity contribution is 6.06. The Hall–Kier alpha value is -2.82. The van der Waals surface area contributed by atoms with E-state index in [9.17, 15) is 4.39 Å². The van der Waals surface area contributed by atoms with Crippen molar-refractivity contribution >= 4 is 11.5 Å². The minimum Gasteiger partial charge on any atom is -0.492 e. The molecular weight excluding hydrogens is 443 g/mol. The Kier molecular flexibility index (Phi) is 7.83. The predicted molar refractivity (Wildman–Crippen MR) is 139 cm³/mol. The number of amidine groups is 1. The molecule has 0 spiro atoms. The van der Waals surface area contributed by atoms with Gasteiger partial charge in [0, 0.05) is 43.9 Å². The molecule has 0 aromatic heterocycles. The molecule has 1 fully saturated rings. The number of ether oxygens (including phenoxy) is 2. The number of likely N-dealkylation sites (tertiary alicyclic amines) is 1. The molecule has 6 nitrogen and oxygen atoms in total. The number of piperidine rings is 1. The van der Waals surface area contributed by atoms with Gasteiger partial charge in [-0.15, -0.1) is 0 Å². The number of benzene rings is 1. The van der Waals surface area contributed by atoms with E-state index in [-0.39, 0.29) is 11.4 Å². The van der Waals surface area contributed by atoms with Gasteiger partial charge < -0.3 is 20.1 Å². The molecular formula is C28H37FN4O2. The van der Waals surface area contributed by atoms with E-state index in [1.54, 1.807) is 14.0 Å². The first-order valence-electron chi connectivity index (χ1n) is 12.5. The van der Waals surface area contributed by atoms with Crippen molar-refractivity contribution in [1.82, 2.24) is 10.2 Å². The lowest BCUT2D eigenvalue weighted by atomic mass is 9.97. The maximum absolute atomic E-state index is 13.8. The zero-order valence-electron chi connectivity index (χ0n) is 21.6. The van der Waals surface area contributed by atoms with E-state index >= 15 is 0 Å². The van der Waals surface area contributed by atoms with Crippen molar-refractivity contribution in [3.8, 4) is 17.6 Å². The Morgan fingerprint density at radius 3 is 2.71 bits per heavy atom. The summed E-state index contributed by atoms with van der Waals surface area (Å²) in [5.74, 6) is 8.41. The molecule has 35 heavy (non-hydrogen) atoms. The third kappa shape index (κ3) is 5.88. The number of nitrogens with zero attached hydrogens (tertiary/aromatic N) is 2. The van der Waals surface area contributed by atoms with Crippen molar-refractivity contribution in [3.63, 3.8) is 0 Å². The number of methoxy groups -OCH3 is 1. The van der Waals surface area contributed by atoms with Gasteiger partial charge in [0.1, 0.15) is 24.1 Å². The predicted octanol–water partition coefficient (Wildman–Crippen LogP) is 4.97. The SMILES string of the molecule is CCOc1cc2c(cc1C#CC(C)(C)N1CCC(OC)CC1)C(NC1=CC(C)=C(F)CC1)=NCN2. The highest BCUT2D eigenvalue weighted by Gasteiger charge is 2.29. The summed E-state index contributed by atoms with van der Waals surface area (Å²) < 4.78 is 25.3. The zero-order valence-corrected chi connectivity index (χ0v) is 21.6. The number of anilines is 1. The van der Waals surface area contributed by atoms with Gasteiger partial charge >= 0.3 is 0 Å². The molecule has 2 aliphatic heterocycles. The first-order chi connectivity index (χ1) is 16.8. The number of allylic oxidation sites excluding steroid dienone is 4. The monoisotopic (exact) mass is 480 g/mol. The van der Waals surface area contributed by atoms with Crippen molar-refractivity contribution in [2.45, 2.75) is 65.0 Å². The van der Waals surface area contributed by atoms with E-state index in [0.717, 1.165) is 60.0 Å². The molecule has 0 amide bonds. The molecule has 188 valence electrons. The number of hydrogen-bond acceptors (Lipinski definition) is 6. The first-order valence-corrected chi connectivity index (χ1v) is 12.5. The van der Waals surface area contributed by atoms with Crippen molar-refractivity contribution in [3.05, 3.63) is 46.4 Å². The van der Waals surface area contributed by atoms with Crippen LogP contribution in [-0.2, 0) is 4.74 Å². The van der Waals surface area contributed by atoms with Crippen LogP contribution in [0.2, 0.25) is 0 Å². The van der Waals surface area contributed by atoms with E-state index in [2.05, 4.69) is 46.2 Å². The summed E-state index contributed by atoms with van der Waals surface area (Å²) in [5, 5.41) is 6.78. The molecule has 4 rings (SSSR count). The van der Waals surface area contributed by atoms with E-state index in [4.69, 9.17) is 9.47 Å². The van der Waals surface area contributed by atoms with Crippen LogP contribution in [0.25, 0.3) is 0 Å². The van der Waals surface area contributed by atoms with Gasteiger partial charge in [-0.2, -0.15) is 0 Å². The second-order valence-corrected chi connectivity index (χ2v) is 9.78. The Morgan fingerprint density at radius 2 is 2.03 bits per heavy atom. The van der Waals surface area contributed by atoms with Gasteiger partial charge in [0.05, 0.1) is 29.5 Å². The summed E-state index contributed by atoms with van der Waals surface area (Å²) in [4.78, 5) is 7.08. The molecule has 1 aromatic rings. The number of rotatable bonds is 5. The third-order valence-corrected chi connectivity index (χ3v) is 6.96. The minimum absolute atomic E-state index is 0.0452. The summed E-state index contributed by atoms with van der Waals surface area (Å²) in [6.07, 6.45) is 5.30. The normalized spacial score (nSPS) is 19.1. The molecule has 0 radical (unpaired) electrons. The average Bonchev–Trinajstić information content (AvgIpc) is 2.85. The molecule has 1 aliphatic carbocycles. The van der Waals surface area contributed by atoms with Crippen molar-refractivity contribution in [2.24, 2.45) is 4.99 Å². The molecule has 2 heterocycles. The number of halogens is 1. The Labute approximate surface area is 208 Å². The van der Waals surface area contributed by atoms with Crippen molar-refractivity contribution < 1.29 is 13.9 Å². The van der Waals surface area contributed by atoms with Gasteiger partial charge in [-0.25, -0.2) is 9.38 Å². The van der Waals surface area contributed by atoms with Crippen molar-refractivity contribution in [2.75, 3.05) is 38.8 Å². The average molecular weight is 481 g/mol. The number of hydrogen-bond donors (Lipinski definition) is 2. The molecule has 3 aliphatic rings. The Bertz CT molecular complexity index is 1100. The van der Waals surface area contributed by atoms with Gasteiger partial charge in [0.2, 0.25) is 0 Å². The van der Waals surface area contributed by atoms with Gasteiger partial charge in [-0.3, -0.25) is 4.90 Å². The standard InChI is InChI=1S/C28H37FN4O2/c1-6-35-26-17-25-23(27(31-18-30-25)32-21-7-8-24(29)19(2)15-21)16-20(26)9-12-28(3,4)33-13-10-22(34-5)11-14-33/h15-17,22,30H,6-8,10-11,13-14,18H2,1-5H3,(H,31,32). The molecule has 0 saturated carbocycles. The van der Waals surface area contributed by atoms with Crippen LogP contribution in [0, 0.1) is 11.8 Å². The van der Waals surface area contributed by atoms with Crippen LogP contribution in [-0.4, -0.2) is 55.9 Å². The summed E-state index contributed by atoms with van der Waals surface area (Å²) in [7, 11) is 1.79. The van der Waals surface area contributed by atoms with Crippen LogP contribution in [0.1, 0.15) is 64.5 Å². The van der Waals surface area contributed by atoms with E-state index in [0.29, 0.717) is 37.8 Å². The van der Waals surface area contributed by atoms with Gasteiger partial charge in [0.25, 0.3) is 0 Å².